The van der Waals surface area contributed by atoms with Crippen LogP contribution in [-0.4, -0.2) is 204 Å². The van der Waals surface area contributed by atoms with Crippen molar-refractivity contribution in [2.45, 2.75) is 7.43 Å². The number of amides is 4. The molecule has 2 fully saturated rings. The number of aliphatic imine (C=N–C) groups is 3. The summed E-state index contributed by atoms with van der Waals surface area (Å²) in [7, 11) is 0. The number of halogens is 6. The van der Waals surface area contributed by atoms with E-state index in [1.807, 2.05) is 65.8 Å². The van der Waals surface area contributed by atoms with Crippen molar-refractivity contribution in [1.82, 2.24) is 25.9 Å². The SMILES string of the molecule is C.NC(=S)Nc1cc([N+](=O)[O-])ccc1Cl.Nc1cc([N+](=O)[O-])ccc1Cl.O.O.O.O.O.O.O.O=C(N=C=S)c1ccccc1.O=C(NC(=S)Nc1cc([N+](=O)[O-])ccc1Cl)c1ccccc1.O=C(O)CCl.O=C1CSC(=Nc2cc([N+](=O)[O-])ccc2Cl)N1.O=C1NC(=Nc2cc([N+](=O)[O-])ccc2Cl)S/C1=C\c1ccc2ncccc2c1.O=Cc1ccc2ncccc2c1.OSO.[Na][Na]. The number of nitrogens with one attached hydrogen (secondary N) is 5. The van der Waals surface area contributed by atoms with Gasteiger partial charge in [0.15, 0.2) is 32.9 Å². The summed E-state index contributed by atoms with van der Waals surface area (Å²) in [5, 5.41) is 79.5. The number of aromatic nitrogens is 2. The third kappa shape index (κ3) is 47.3. The van der Waals surface area contributed by atoms with Gasteiger partial charge in [0.25, 0.3) is 46.2 Å². The first-order valence-electron chi connectivity index (χ1n) is 34.1. The van der Waals surface area contributed by atoms with Crippen LogP contribution in [-0.2, 0) is 14.4 Å². The number of pyridine rings is 2. The Kier molecular flexibility index (Phi) is 68.1. The van der Waals surface area contributed by atoms with Crippen LogP contribution >= 0.6 is 142 Å². The number of aldehydes is 1. The summed E-state index contributed by atoms with van der Waals surface area (Å²) in [6, 6.07) is 55.7. The van der Waals surface area contributed by atoms with E-state index >= 15 is 0 Å². The molecule has 0 unspecified atom stereocenters. The van der Waals surface area contributed by atoms with Crippen LogP contribution in [0, 0.1) is 50.6 Å². The van der Waals surface area contributed by atoms with Gasteiger partial charge in [-0.3, -0.25) is 94.6 Å². The molecule has 2 saturated heterocycles. The summed E-state index contributed by atoms with van der Waals surface area (Å²) in [4.78, 5) is 136. The zero-order chi connectivity index (χ0) is 92.8. The molecule has 2 aromatic heterocycles. The summed E-state index contributed by atoms with van der Waals surface area (Å²) in [5.41, 5.74) is 15.6. The first-order valence-corrected chi connectivity index (χ1v) is 48.3. The van der Waals surface area contributed by atoms with Crippen molar-refractivity contribution >= 4 is 332 Å². The zero-order valence-corrected chi connectivity index (χ0v) is 80.6. The van der Waals surface area contributed by atoms with E-state index in [1.165, 1.54) is 146 Å². The maximum atomic E-state index is 12.3. The van der Waals surface area contributed by atoms with Crippen LogP contribution in [0.2, 0.25) is 25.1 Å². The van der Waals surface area contributed by atoms with E-state index in [4.69, 9.17) is 108 Å². The van der Waals surface area contributed by atoms with Gasteiger partial charge in [0.2, 0.25) is 5.91 Å². The molecule has 133 heavy (non-hydrogen) atoms. The van der Waals surface area contributed by atoms with Gasteiger partial charge in [-0.1, -0.05) is 132 Å². The summed E-state index contributed by atoms with van der Waals surface area (Å²) < 4.78 is 14.1. The van der Waals surface area contributed by atoms with E-state index in [-0.39, 0.29) is 159 Å². The van der Waals surface area contributed by atoms with Crippen LogP contribution in [0.5, 0.6) is 0 Å². The van der Waals surface area contributed by atoms with Gasteiger partial charge < -0.3 is 85.3 Å². The molecule has 698 valence electrons. The predicted molar refractivity (Wildman–Crippen MR) is 533 cm³/mol. The van der Waals surface area contributed by atoms with Crippen LogP contribution < -0.4 is 38.1 Å². The van der Waals surface area contributed by atoms with Crippen molar-refractivity contribution in [3.8, 4) is 0 Å². The number of fused-ring (bicyclic) bond motifs is 2. The van der Waals surface area contributed by atoms with Crippen molar-refractivity contribution in [1.29, 1.82) is 0 Å². The van der Waals surface area contributed by atoms with Crippen LogP contribution in [0.25, 0.3) is 27.9 Å². The Morgan fingerprint density at radius 3 is 1.35 bits per heavy atom. The van der Waals surface area contributed by atoms with Crippen LogP contribution in [0.15, 0.2) is 245 Å². The standard InChI is InChI=1S/C19H11ClN4O3S.C14H10ClN3O3S.C10H7NO.C9H6ClN3O3S.C8H5NOS.C7H6ClN3O2S.C6H5ClN2O2.C2H3ClO2.CH4.2Na.H2O2S.7H2O/c20-14-5-4-13(24(26)27)10-16(14)22-19-23-18(25)17(28-19)9-11-3-6-15-12(8-11)2-1-7-21-15;15-11-7-6-10(18(20)21)8-12(11)16-14(22)17-13(19)9-4-2-1-3-5-9;12-7-8-3-4-10-9(6-8)2-1-5-11-10;10-6-2-1-5(13(15)16)3-7(6)11-9-12-8(14)4-17-9;10-8(9-6-11)7-4-2-1-3-5-7;8-5-2-1-4(11(12)13)3-6(5)10-7(9)14;7-5-2-1-4(9(10)11)3-6(5)8;3-1-2(4)5;;;;1-3-2;;;;;;;/h1-10H,(H,22,23,25);1-8H,(H2,16,17,19,22);1-7H;1-3H,4H2,(H,11,12,14);1-5H;1-3H,(H3,9,10,14);1-3H,8H2;1H2,(H,4,5);1H4;;;1-2H;7*1H2/b17-9-;;;;;;;;;;;;;;;;;;. The monoisotopic (exact) mass is 2090 g/mol. The topological polar surface area (TPSA) is 774 Å². The van der Waals surface area contributed by atoms with Crippen LogP contribution in [0.3, 0.4) is 0 Å². The summed E-state index contributed by atoms with van der Waals surface area (Å²) in [5.74, 6) is -2.16. The van der Waals surface area contributed by atoms with Gasteiger partial charge >= 0.3 is 49.6 Å². The number of hydrogen-bond donors (Lipinski definition) is 10. The van der Waals surface area contributed by atoms with Gasteiger partial charge in [-0.15, -0.1) is 11.6 Å². The molecule has 2 aliphatic heterocycles. The Hall–Kier alpha value is -11.3. The van der Waals surface area contributed by atoms with Crippen LogP contribution in [0.1, 0.15) is 44.1 Å². The van der Waals surface area contributed by atoms with Crippen molar-refractivity contribution < 1.29 is 106 Å². The Bertz CT molecular complexity index is 5970. The number of thiocarbonyl (C=S) groups is 3. The number of nitrogen functional groups attached to an aromatic ring is 1. The number of isothiocyanates is 1. The molecule has 11 aromatic rings. The van der Waals surface area contributed by atoms with E-state index in [0.29, 0.717) is 58.4 Å². The average Bonchev–Trinajstić information content (AvgIpc) is 1.72. The van der Waals surface area contributed by atoms with Gasteiger partial charge in [0.1, 0.15) is 12.2 Å². The summed E-state index contributed by atoms with van der Waals surface area (Å²) >= 11 is 52.8. The second-order valence-electron chi connectivity index (χ2n) is 22.6. The summed E-state index contributed by atoms with van der Waals surface area (Å²) in [6.07, 6.45) is 6.06. The fourth-order valence-corrected chi connectivity index (χ4v) is 11.5. The molecular weight excluding hydrogens is 2020 g/mol. The zero-order valence-electron chi connectivity index (χ0n) is 67.1. The molecule has 0 spiro atoms. The van der Waals surface area contributed by atoms with E-state index in [1.54, 1.807) is 79.1 Å². The Morgan fingerprint density at radius 2 is 0.947 bits per heavy atom. The molecular formula is C76H73Cl6N17Na2O26S6. The normalized spacial score (nSPS) is 11.2. The number of carboxylic acid groups (broad SMARTS) is 1. The number of nitro groups is 5. The van der Waals surface area contributed by atoms with Crippen LogP contribution in [0.4, 0.5) is 56.9 Å². The number of nitrogens with zero attached hydrogens (tertiary/aromatic N) is 10. The van der Waals surface area contributed by atoms with Crippen molar-refractivity contribution in [3.05, 3.63) is 328 Å². The Labute approximate surface area is 839 Å². The first-order chi connectivity index (χ1) is 59.6. The van der Waals surface area contributed by atoms with E-state index in [0.717, 1.165) is 45.4 Å². The molecule has 2 aliphatic rings. The maximum absolute atomic E-state index is 12.3. The number of hydrogen-bond acceptors (Lipinski definition) is 29. The number of rotatable bonds is 14. The minimum absolute atomic E-state index is 0. The fraction of sp³-hybridized carbons (Fsp3) is 0.0395. The molecule has 4 heterocycles. The Morgan fingerprint density at radius 1 is 0.556 bits per heavy atom. The molecule has 43 nitrogen and oxygen atoms in total. The number of nitro benzene ring substituents is 5. The number of nitrogens with two attached hydrogens (primary N) is 2. The number of non-ortho nitro benzene ring substituents is 5. The van der Waals surface area contributed by atoms with E-state index in [2.05, 4.69) is 76.0 Å². The van der Waals surface area contributed by atoms with E-state index < -0.39 is 30.6 Å². The van der Waals surface area contributed by atoms with Gasteiger partial charge in [0.05, 0.1) is 105 Å². The molecule has 13 rings (SSSR count). The number of aliphatic carboxylic acids is 1. The number of carbonyl (C=O) groups excluding carboxylic acids is 5. The molecule has 0 aliphatic carbocycles. The fourth-order valence-electron chi connectivity index (χ4n) is 8.82. The van der Waals surface area contributed by atoms with Gasteiger partial charge in [0, 0.05) is 101 Å². The van der Waals surface area contributed by atoms with Crippen molar-refractivity contribution in [2.75, 3.05) is 28.0 Å². The number of thioether (sulfide) groups is 2. The second-order valence-corrected chi connectivity index (χ2v) is 28.1. The molecule has 4 amide bonds. The third-order valence-corrected chi connectivity index (χ3v) is 18.3. The number of anilines is 3. The third-order valence-electron chi connectivity index (χ3n) is 14.2. The molecule has 26 N–H and O–H groups in total. The summed E-state index contributed by atoms with van der Waals surface area (Å²) in [6.45, 7) is 0. The number of carbonyl (C=O) groups is 6. The number of benzene rings is 9. The number of carboxylic acids is 1. The second kappa shape index (κ2) is 69.5. The first kappa shape index (κ1) is 130. The van der Waals surface area contributed by atoms with Crippen molar-refractivity contribution in [3.63, 3.8) is 0 Å². The van der Waals surface area contributed by atoms with Gasteiger partial charge in [-0.05, 0) is 157 Å². The Balaban J connectivity index is -0.000000477. The van der Waals surface area contributed by atoms with Gasteiger partial charge in [-0.2, -0.15) is 4.99 Å². The molecule has 0 atom stereocenters. The average molecular weight is 2090 g/mol. The quantitative estimate of drug-likeness (QED) is 0.00462. The predicted octanol–water partition coefficient (Wildman–Crippen LogP) is 12.9. The van der Waals surface area contributed by atoms with Gasteiger partial charge in [-0.25, -0.2) is 9.98 Å². The number of amidine groups is 2. The number of alkyl halides is 1. The molecule has 57 heteroatoms. The minimum atomic E-state index is -0.980. The molecule has 9 aromatic carbocycles. The van der Waals surface area contributed by atoms with Crippen molar-refractivity contribution in [2.24, 2.45) is 20.7 Å². The molecule has 0 saturated carbocycles. The molecule has 0 radical (unpaired) electrons. The molecule has 0 bridgehead atoms. The van der Waals surface area contributed by atoms with E-state index in [9.17, 15) is 79.3 Å².